The number of nitrogens with zero attached hydrogens (tertiary/aromatic N) is 3. The predicted molar refractivity (Wildman–Crippen MR) is 61.8 cm³/mol. The van der Waals surface area contributed by atoms with Crippen LogP contribution in [0.4, 0.5) is 11.8 Å². The molecular weight excluding hydrogens is 226 g/mol. The van der Waals surface area contributed by atoms with Crippen LogP contribution >= 0.6 is 0 Å². The van der Waals surface area contributed by atoms with Gasteiger partial charge < -0.3 is 15.6 Å². The number of fused-ring (bicyclic) bond motifs is 1. The number of rotatable bonds is 4. The topological polar surface area (TPSA) is 117 Å². The number of ether oxygens (including phenoxy) is 1. The molecule has 0 spiro atoms. The number of aromatic nitrogens is 2. The minimum Gasteiger partial charge on any atom is -0.394 e. The Kier molecular flexibility index (Phi) is 3.35. The summed E-state index contributed by atoms with van der Waals surface area (Å²) in [5.41, 5.74) is 5.64. The highest BCUT2D eigenvalue weighted by Gasteiger charge is 2.19. The van der Waals surface area contributed by atoms with Crippen LogP contribution in [0.3, 0.4) is 0 Å². The van der Waals surface area contributed by atoms with E-state index in [2.05, 4.69) is 15.0 Å². The molecule has 0 saturated heterocycles. The molecule has 0 radical (unpaired) electrons. The number of H-pyrrole nitrogens is 1. The maximum Gasteiger partial charge on any atom is 0.259 e. The third-order valence-electron chi connectivity index (χ3n) is 2.22. The van der Waals surface area contributed by atoms with Crippen molar-refractivity contribution in [2.75, 3.05) is 30.6 Å². The number of nitrogen functional groups attached to an aromatic ring is 1. The molecule has 2 heterocycles. The van der Waals surface area contributed by atoms with Crippen molar-refractivity contribution in [3.8, 4) is 0 Å². The summed E-state index contributed by atoms with van der Waals surface area (Å²) >= 11 is 0. The predicted octanol–water partition coefficient (Wildman–Crippen LogP) is -1.33. The van der Waals surface area contributed by atoms with Gasteiger partial charge in [-0.15, -0.1) is 0 Å². The number of nitrogens with one attached hydrogen (secondary N) is 1. The van der Waals surface area contributed by atoms with E-state index >= 15 is 0 Å². The van der Waals surface area contributed by atoms with Crippen molar-refractivity contribution >= 4 is 18.1 Å². The lowest BCUT2D eigenvalue weighted by Gasteiger charge is -2.23. The van der Waals surface area contributed by atoms with E-state index in [1.54, 1.807) is 4.90 Å². The first kappa shape index (κ1) is 11.6. The third kappa shape index (κ3) is 2.43. The van der Waals surface area contributed by atoms with Crippen LogP contribution in [0.25, 0.3) is 0 Å². The summed E-state index contributed by atoms with van der Waals surface area (Å²) in [5.74, 6) is 0.496. The molecule has 0 atom stereocenters. The molecule has 1 aromatic heterocycles. The quantitative estimate of drug-likeness (QED) is 0.560. The second-order valence-electron chi connectivity index (χ2n) is 3.44. The van der Waals surface area contributed by atoms with Gasteiger partial charge >= 0.3 is 0 Å². The van der Waals surface area contributed by atoms with Gasteiger partial charge in [-0.2, -0.15) is 4.98 Å². The first-order valence-corrected chi connectivity index (χ1v) is 5.06. The largest absolute Gasteiger partial charge is 0.394 e. The lowest BCUT2D eigenvalue weighted by atomic mass is 10.2. The fourth-order valence-corrected chi connectivity index (χ4v) is 1.49. The van der Waals surface area contributed by atoms with E-state index < -0.39 is 0 Å². The van der Waals surface area contributed by atoms with E-state index in [9.17, 15) is 4.79 Å². The Morgan fingerprint density at radius 2 is 2.47 bits per heavy atom. The number of aliphatic imine (C=N–C) groups is 1. The highest BCUT2D eigenvalue weighted by atomic mass is 16.5. The summed E-state index contributed by atoms with van der Waals surface area (Å²) in [5, 5.41) is 8.61. The van der Waals surface area contributed by atoms with Crippen LogP contribution in [0.15, 0.2) is 9.79 Å². The SMILES string of the molecule is Nc1nc2c(c(=O)[nH]1)CN=CN2COCCO. The van der Waals surface area contributed by atoms with E-state index in [4.69, 9.17) is 15.6 Å². The van der Waals surface area contributed by atoms with Crippen LogP contribution < -0.4 is 16.2 Å². The molecule has 1 aliphatic heterocycles. The number of hydrogen-bond acceptors (Lipinski definition) is 7. The zero-order valence-electron chi connectivity index (χ0n) is 9.09. The number of aliphatic hydroxyl groups is 1. The van der Waals surface area contributed by atoms with Crippen LogP contribution in [0.5, 0.6) is 0 Å². The molecule has 0 fully saturated rings. The molecule has 0 unspecified atom stereocenters. The second-order valence-corrected chi connectivity index (χ2v) is 3.44. The zero-order valence-corrected chi connectivity index (χ0v) is 9.09. The minimum absolute atomic E-state index is 0.0520. The summed E-state index contributed by atoms with van der Waals surface area (Å²) in [4.78, 5) is 23.7. The molecule has 0 amide bonds. The minimum atomic E-state index is -0.295. The Morgan fingerprint density at radius 3 is 3.24 bits per heavy atom. The summed E-state index contributed by atoms with van der Waals surface area (Å²) in [6.45, 7) is 0.572. The molecule has 92 valence electrons. The Balaban J connectivity index is 2.24. The van der Waals surface area contributed by atoms with Gasteiger partial charge in [0.15, 0.2) is 0 Å². The molecule has 8 nitrogen and oxygen atoms in total. The standard InChI is InChI=1S/C9H13N5O3/c10-9-12-7-6(8(16)13-9)3-11-4-14(7)5-17-2-1-15/h4,15H,1-3,5H2,(H3,10,12,13,16). The van der Waals surface area contributed by atoms with E-state index in [0.717, 1.165) is 0 Å². The van der Waals surface area contributed by atoms with Crippen LogP contribution in [0.1, 0.15) is 5.56 Å². The van der Waals surface area contributed by atoms with Crippen molar-refractivity contribution in [3.63, 3.8) is 0 Å². The average Bonchev–Trinajstić information content (AvgIpc) is 2.30. The molecule has 0 saturated carbocycles. The normalized spacial score (nSPS) is 13.8. The van der Waals surface area contributed by atoms with Crippen molar-refractivity contribution in [1.29, 1.82) is 0 Å². The van der Waals surface area contributed by atoms with Crippen molar-refractivity contribution in [1.82, 2.24) is 9.97 Å². The number of hydrogen-bond donors (Lipinski definition) is 3. The van der Waals surface area contributed by atoms with Crippen LogP contribution in [-0.2, 0) is 11.3 Å². The third-order valence-corrected chi connectivity index (χ3v) is 2.22. The van der Waals surface area contributed by atoms with Gasteiger partial charge in [0.05, 0.1) is 31.7 Å². The molecule has 1 aromatic rings. The molecule has 4 N–H and O–H groups in total. The van der Waals surface area contributed by atoms with Crippen molar-refractivity contribution in [2.24, 2.45) is 4.99 Å². The van der Waals surface area contributed by atoms with Gasteiger partial charge in [-0.25, -0.2) is 0 Å². The monoisotopic (exact) mass is 239 g/mol. The second kappa shape index (κ2) is 4.93. The number of anilines is 2. The number of nitrogens with two attached hydrogens (primary N) is 1. The maximum atomic E-state index is 11.6. The van der Waals surface area contributed by atoms with Gasteiger partial charge in [0, 0.05) is 0 Å². The molecular formula is C9H13N5O3. The average molecular weight is 239 g/mol. The van der Waals surface area contributed by atoms with Crippen LogP contribution in [-0.4, -0.2) is 41.4 Å². The molecule has 0 aliphatic carbocycles. The summed E-state index contributed by atoms with van der Waals surface area (Å²) in [6, 6.07) is 0. The van der Waals surface area contributed by atoms with Gasteiger partial charge in [0.2, 0.25) is 5.95 Å². The van der Waals surface area contributed by atoms with Crippen molar-refractivity contribution in [2.45, 2.75) is 6.54 Å². The van der Waals surface area contributed by atoms with Crippen LogP contribution in [0, 0.1) is 0 Å². The molecule has 1 aliphatic rings. The summed E-state index contributed by atoms with van der Waals surface area (Å²) in [6.07, 6.45) is 1.53. The smallest absolute Gasteiger partial charge is 0.259 e. The Labute approximate surface area is 96.8 Å². The molecule has 2 rings (SSSR count). The first-order valence-electron chi connectivity index (χ1n) is 5.06. The van der Waals surface area contributed by atoms with Crippen molar-refractivity contribution in [3.05, 3.63) is 15.9 Å². The molecule has 17 heavy (non-hydrogen) atoms. The molecule has 0 aromatic carbocycles. The first-order chi connectivity index (χ1) is 8.22. The highest BCUT2D eigenvalue weighted by molar-refractivity contribution is 5.80. The summed E-state index contributed by atoms with van der Waals surface area (Å²) < 4.78 is 5.15. The number of aliphatic hydroxyl groups excluding tert-OH is 1. The van der Waals surface area contributed by atoms with Gasteiger partial charge in [-0.1, -0.05) is 0 Å². The van der Waals surface area contributed by atoms with Gasteiger partial charge in [0.1, 0.15) is 12.5 Å². The number of aromatic amines is 1. The van der Waals surface area contributed by atoms with Crippen molar-refractivity contribution < 1.29 is 9.84 Å². The van der Waals surface area contributed by atoms with Gasteiger partial charge in [-0.05, 0) is 0 Å². The fraction of sp³-hybridized carbons (Fsp3) is 0.444. The maximum absolute atomic E-state index is 11.6. The summed E-state index contributed by atoms with van der Waals surface area (Å²) in [7, 11) is 0. The van der Waals surface area contributed by atoms with E-state index in [0.29, 0.717) is 11.4 Å². The van der Waals surface area contributed by atoms with Gasteiger partial charge in [0.25, 0.3) is 5.56 Å². The molecule has 8 heteroatoms. The lowest BCUT2D eigenvalue weighted by Crippen LogP contribution is -2.33. The molecule has 0 bridgehead atoms. The fourth-order valence-electron chi connectivity index (χ4n) is 1.49. The zero-order chi connectivity index (χ0) is 12.3. The Bertz CT molecular complexity index is 484. The Hall–Kier alpha value is -1.93. The van der Waals surface area contributed by atoms with Gasteiger partial charge in [-0.3, -0.25) is 19.7 Å². The Morgan fingerprint density at radius 1 is 1.65 bits per heavy atom. The van der Waals surface area contributed by atoms with E-state index in [1.165, 1.54) is 6.34 Å². The lowest BCUT2D eigenvalue weighted by molar-refractivity contribution is 0.0978. The van der Waals surface area contributed by atoms with E-state index in [-0.39, 0.29) is 38.0 Å². The highest BCUT2D eigenvalue weighted by Crippen LogP contribution is 2.18. The van der Waals surface area contributed by atoms with E-state index in [1.807, 2.05) is 0 Å². The van der Waals surface area contributed by atoms with Crippen LogP contribution in [0.2, 0.25) is 0 Å².